The van der Waals surface area contributed by atoms with E-state index < -0.39 is 220 Å². The fourth-order valence-corrected chi connectivity index (χ4v) is 19.4. The summed E-state index contributed by atoms with van der Waals surface area (Å²) >= 11 is 0. The number of alkyl halides is 6. The lowest BCUT2D eigenvalue weighted by molar-refractivity contribution is -0.257. The number of halogens is 8. The second-order valence-electron chi connectivity index (χ2n) is 35.2. The highest BCUT2D eigenvalue weighted by atomic mass is 32.2. The molecule has 0 bridgehead atoms. The van der Waals surface area contributed by atoms with Crippen molar-refractivity contribution in [3.05, 3.63) is 94.6 Å². The molecule has 6 amide bonds. The molecule has 4 aliphatic carbocycles. The van der Waals surface area contributed by atoms with Crippen molar-refractivity contribution in [1.29, 1.82) is 0 Å². The maximum Gasteiger partial charge on any atom is 0.427 e. The van der Waals surface area contributed by atoms with Crippen molar-refractivity contribution in [2.45, 2.75) is 268 Å². The van der Waals surface area contributed by atoms with Crippen LogP contribution in [0.4, 0.5) is 44.7 Å². The van der Waals surface area contributed by atoms with Crippen LogP contribution in [-0.4, -0.2) is 166 Å². The van der Waals surface area contributed by atoms with Crippen molar-refractivity contribution < 1.29 is 119 Å². The van der Waals surface area contributed by atoms with E-state index in [1.165, 1.54) is 57.7 Å². The molecule has 12 rings (SSSR count). The summed E-state index contributed by atoms with van der Waals surface area (Å²) in [4.78, 5) is 144. The number of fused-ring (bicyclic) bond motifs is 6. The van der Waals surface area contributed by atoms with E-state index in [-0.39, 0.29) is 76.8 Å². The SMILES string of the molecule is C[C@@H]1CC/C=C\[C@@H]2C[C@@]2(C(=O)NS(=O)(=O)C2(C)CC2)CC(=O)[C@@H]2C[C@@H](OC(=O)N3Cc4cccc(F)c4C3)CN2C(=O)[C@@H](CC(=O)OC(C)(C)C(F)(F)F)[C@H](C)C1.C[C@H]1CC/C=C\[C@@H]2C[C@@]2(C(=O)NS(=O)(=O)C2(C)CC2)CC(=O)[C@@H]2C[C@@H](OC(=O)N3Cc4cccc(F)c4C3)CN2C(=O)[C@@H](CC(=O)OC(C)(C)C(F)(F)F)[C@H](C)C1. The normalized spacial score (nSPS) is 30.9. The molecule has 0 aromatic heterocycles. The number of amides is 6. The van der Waals surface area contributed by atoms with E-state index in [0.29, 0.717) is 114 Å². The van der Waals surface area contributed by atoms with Crippen LogP contribution in [0, 0.1) is 69.8 Å². The molecule has 0 radical (unpaired) electrons. The standard InChI is InChI=1S/2C40H51F4N3O9S/c2*1-23-9-6-7-11-26-18-39(26,35(51)45-57(53,54)38(5)13-14-38)19-32(48)31-16-27(55-36(52)46-20-25-10-8-12-30(41)29(25)22-46)21-47(31)34(50)28(24(2)15-23)17-33(49)56-37(3,4)40(42,43)44/h2*7-8,10-12,23-24,26-28,31H,6,9,13-22H2,1-5H3,(H,45,51)/b2*11-7-/t23-,24+,26+,27+,28-,31-,39+;23-,24-,26-,27-,28+,31+,39-/m01/s1. The summed E-state index contributed by atoms with van der Waals surface area (Å²) in [5, 5.41) is 0. The number of allylic oxidation sites excluding steroid dienone is 4. The zero-order valence-corrected chi connectivity index (χ0v) is 67.3. The summed E-state index contributed by atoms with van der Waals surface area (Å²) < 4.78 is 187. The fourth-order valence-electron chi connectivity index (χ4n) is 16.8. The molecular weight excluding hydrogens is 1550 g/mol. The van der Waals surface area contributed by atoms with Gasteiger partial charge >= 0.3 is 36.5 Å². The van der Waals surface area contributed by atoms with Crippen molar-refractivity contribution in [2.24, 2.45) is 58.2 Å². The Hall–Kier alpha value is -8.04. The Bertz CT molecular complexity index is 4170. The van der Waals surface area contributed by atoms with Crippen molar-refractivity contribution in [2.75, 3.05) is 13.1 Å². The topological polar surface area (TPSA) is 313 Å². The van der Waals surface area contributed by atoms with Crippen LogP contribution < -0.4 is 9.44 Å². The Balaban J connectivity index is 0.000000225. The number of nitrogens with one attached hydrogen (secondary N) is 2. The number of esters is 2. The number of ether oxygens (including phenoxy) is 4. The second kappa shape index (κ2) is 32.1. The lowest BCUT2D eigenvalue weighted by Crippen LogP contribution is -2.48. The van der Waals surface area contributed by atoms with E-state index in [9.17, 15) is 99.9 Å². The highest BCUT2D eigenvalue weighted by molar-refractivity contribution is 7.92. The highest BCUT2D eigenvalue weighted by Crippen LogP contribution is 2.59. The molecule has 2 aromatic rings. The molecule has 114 heavy (non-hydrogen) atoms. The predicted molar refractivity (Wildman–Crippen MR) is 393 cm³/mol. The third kappa shape index (κ3) is 18.5. The highest BCUT2D eigenvalue weighted by Gasteiger charge is 2.65. The van der Waals surface area contributed by atoms with Crippen LogP contribution in [0.3, 0.4) is 0 Å². The van der Waals surface area contributed by atoms with Crippen molar-refractivity contribution in [1.82, 2.24) is 29.0 Å². The molecule has 6 fully saturated rings. The predicted octanol–water partition coefficient (Wildman–Crippen LogP) is 12.2. The van der Waals surface area contributed by atoms with Crippen LogP contribution in [0.2, 0.25) is 0 Å². The zero-order chi connectivity index (χ0) is 83.8. The van der Waals surface area contributed by atoms with E-state index in [0.717, 1.165) is 0 Å². The van der Waals surface area contributed by atoms with Gasteiger partial charge in [-0.05, 0) is 177 Å². The maximum absolute atomic E-state index is 14.7. The van der Waals surface area contributed by atoms with Gasteiger partial charge in [-0.2, -0.15) is 26.3 Å². The van der Waals surface area contributed by atoms with Crippen molar-refractivity contribution in [3.63, 3.8) is 0 Å². The van der Waals surface area contributed by atoms with E-state index in [1.54, 1.807) is 26.0 Å². The minimum atomic E-state index is -4.90. The van der Waals surface area contributed by atoms with Crippen LogP contribution >= 0.6 is 0 Å². The molecule has 2 aromatic carbocycles. The maximum atomic E-state index is 14.7. The largest absolute Gasteiger partial charge is 0.450 e. The Morgan fingerprint density at radius 2 is 0.877 bits per heavy atom. The molecule has 628 valence electrons. The van der Waals surface area contributed by atoms with E-state index in [2.05, 4.69) is 9.44 Å². The van der Waals surface area contributed by atoms with Crippen LogP contribution in [0.1, 0.15) is 207 Å². The first-order chi connectivity index (χ1) is 52.9. The second-order valence-corrected chi connectivity index (χ2v) is 39.6. The quantitative estimate of drug-likeness (QED) is 0.0768. The Kier molecular flexibility index (Phi) is 24.5. The fraction of sp³-hybridized carbons (Fsp3) is 0.675. The van der Waals surface area contributed by atoms with Gasteiger partial charge in [0.1, 0.15) is 23.8 Å². The third-order valence-electron chi connectivity index (χ3n) is 25.4. The summed E-state index contributed by atoms with van der Waals surface area (Å²) in [7, 11) is -8.13. The van der Waals surface area contributed by atoms with Crippen LogP contribution in [-0.2, 0) is 104 Å². The molecule has 4 saturated carbocycles. The number of sulfonamides is 2. The van der Waals surface area contributed by atoms with Crippen molar-refractivity contribution in [3.8, 4) is 0 Å². The summed E-state index contributed by atoms with van der Waals surface area (Å²) in [5.41, 5.74) is -6.72. The molecule has 6 aliphatic heterocycles. The molecule has 24 nitrogen and oxygen atoms in total. The number of rotatable bonds is 14. The number of Topliss-reactive ketones (excluding diaryl/α,β-unsaturated/α-hetero) is 2. The molecule has 14 atom stereocenters. The number of carbonyl (C=O) groups excluding carboxylic acids is 10. The van der Waals surface area contributed by atoms with Crippen molar-refractivity contribution >= 4 is 79.4 Å². The summed E-state index contributed by atoms with van der Waals surface area (Å²) in [6.45, 7) is 12.5. The first-order valence-electron chi connectivity index (χ1n) is 39.1. The smallest absolute Gasteiger partial charge is 0.427 e. The average molecular weight is 1650 g/mol. The van der Waals surface area contributed by atoms with Gasteiger partial charge in [0.25, 0.3) is 0 Å². The van der Waals surface area contributed by atoms with Crippen LogP contribution in [0.5, 0.6) is 0 Å². The summed E-state index contributed by atoms with van der Waals surface area (Å²) in [5.74, 6) is -12.4. The van der Waals surface area contributed by atoms with Crippen LogP contribution in [0.15, 0.2) is 60.7 Å². The zero-order valence-electron chi connectivity index (χ0n) is 65.6. The summed E-state index contributed by atoms with van der Waals surface area (Å²) in [6.07, 6.45) is -3.94. The van der Waals surface area contributed by atoms with Gasteiger partial charge < -0.3 is 28.7 Å². The number of hydrogen-bond donors (Lipinski definition) is 2. The molecule has 0 spiro atoms. The third-order valence-corrected chi connectivity index (χ3v) is 29.7. The van der Waals surface area contributed by atoms with Crippen LogP contribution in [0.25, 0.3) is 0 Å². The molecule has 10 aliphatic rings. The van der Waals surface area contributed by atoms with E-state index in [1.807, 2.05) is 38.2 Å². The number of hydrogen-bond acceptors (Lipinski definition) is 18. The number of ketones is 2. The molecule has 2 saturated heterocycles. The molecular formula is C80H102F8N6O18S2. The van der Waals surface area contributed by atoms with Gasteiger partial charge in [-0.25, -0.2) is 35.2 Å². The Labute approximate surface area is 658 Å². The van der Waals surface area contributed by atoms with Gasteiger partial charge in [0.05, 0.1) is 83.3 Å². The molecule has 2 N–H and O–H groups in total. The van der Waals surface area contributed by atoms with Gasteiger partial charge in [0.15, 0.2) is 11.6 Å². The lowest BCUT2D eigenvalue weighted by atomic mass is 9.82. The van der Waals surface area contributed by atoms with Gasteiger partial charge in [0, 0.05) is 49.9 Å². The minimum Gasteiger partial charge on any atom is -0.450 e. The van der Waals surface area contributed by atoms with Gasteiger partial charge in [-0.3, -0.25) is 57.6 Å². The monoisotopic (exact) mass is 1650 g/mol. The Morgan fingerprint density at radius 1 is 0.526 bits per heavy atom. The minimum absolute atomic E-state index is 0.0245. The van der Waals surface area contributed by atoms with Gasteiger partial charge in [-0.1, -0.05) is 76.3 Å². The Morgan fingerprint density at radius 3 is 1.20 bits per heavy atom. The van der Waals surface area contributed by atoms with Gasteiger partial charge in [0.2, 0.25) is 54.9 Å². The summed E-state index contributed by atoms with van der Waals surface area (Å²) in [6, 6.07) is 6.37. The van der Waals surface area contributed by atoms with E-state index >= 15 is 0 Å². The van der Waals surface area contributed by atoms with E-state index in [4.69, 9.17) is 18.9 Å². The first kappa shape index (κ1) is 86.8. The average Bonchev–Trinajstić information content (AvgIpc) is 1.57. The number of carbonyl (C=O) groups is 10. The van der Waals surface area contributed by atoms with Gasteiger partial charge in [-0.15, -0.1) is 0 Å². The number of benzene rings is 2. The molecule has 0 unspecified atom stereocenters. The first-order valence-corrected chi connectivity index (χ1v) is 42.0. The number of nitrogens with zero attached hydrogens (tertiary/aromatic N) is 4. The molecule has 6 heterocycles. The molecule has 34 heteroatoms. The lowest BCUT2D eigenvalue weighted by Gasteiger charge is -2.33.